The van der Waals surface area contributed by atoms with Crippen LogP contribution >= 0.6 is 11.8 Å². The molecule has 0 heterocycles. The van der Waals surface area contributed by atoms with Gasteiger partial charge in [0.15, 0.2) is 0 Å². The van der Waals surface area contributed by atoms with Crippen molar-refractivity contribution in [3.63, 3.8) is 0 Å². The van der Waals surface area contributed by atoms with Crippen molar-refractivity contribution >= 4 is 29.0 Å². The van der Waals surface area contributed by atoms with Gasteiger partial charge < -0.3 is 16.0 Å². The fourth-order valence-corrected chi connectivity index (χ4v) is 1.86. The van der Waals surface area contributed by atoms with E-state index in [9.17, 15) is 4.79 Å². The van der Waals surface area contributed by atoms with Crippen LogP contribution in [0, 0.1) is 0 Å². The number of carbonyl (C=O) groups excluding carboxylic acids is 1. The highest BCUT2D eigenvalue weighted by molar-refractivity contribution is 7.99. The molecule has 0 saturated carbocycles. The smallest absolute Gasteiger partial charge is 0.234 e. The number of thioether (sulfide) groups is 1. The predicted octanol–water partition coefficient (Wildman–Crippen LogP) is 1.38. The summed E-state index contributed by atoms with van der Waals surface area (Å²) in [6.07, 6.45) is 0. The van der Waals surface area contributed by atoms with E-state index in [1.165, 1.54) is 0 Å². The molecule has 5 heteroatoms. The van der Waals surface area contributed by atoms with Gasteiger partial charge in [-0.1, -0.05) is 0 Å². The molecule has 0 aliphatic heterocycles. The number of hydrogen-bond acceptors (Lipinski definition) is 4. The number of nitrogens with zero attached hydrogens (tertiary/aromatic N) is 1. The summed E-state index contributed by atoms with van der Waals surface area (Å²) in [5, 5.41) is 2.85. The summed E-state index contributed by atoms with van der Waals surface area (Å²) in [7, 11) is 3.97. The fourth-order valence-electron chi connectivity index (χ4n) is 1.29. The molecule has 0 spiro atoms. The molecule has 0 radical (unpaired) electrons. The molecule has 0 aromatic heterocycles. The lowest BCUT2D eigenvalue weighted by Gasteiger charge is -2.13. The quantitative estimate of drug-likeness (QED) is 0.752. The Morgan fingerprint density at radius 3 is 2.53 bits per heavy atom. The zero-order chi connectivity index (χ0) is 12.7. The van der Waals surface area contributed by atoms with Crippen molar-refractivity contribution in [2.75, 3.05) is 42.4 Å². The SMILES string of the molecule is CN(C)c1ccc(NC(=O)CSCCN)cc1. The maximum Gasteiger partial charge on any atom is 0.234 e. The Morgan fingerprint density at radius 2 is 2.00 bits per heavy atom. The number of amides is 1. The van der Waals surface area contributed by atoms with Crippen LogP contribution in [-0.4, -0.2) is 38.1 Å². The summed E-state index contributed by atoms with van der Waals surface area (Å²) in [5.74, 6) is 1.28. The maximum atomic E-state index is 11.5. The van der Waals surface area contributed by atoms with Crippen molar-refractivity contribution in [1.82, 2.24) is 0 Å². The fraction of sp³-hybridized carbons (Fsp3) is 0.417. The Kier molecular flexibility index (Phi) is 5.86. The van der Waals surface area contributed by atoms with E-state index in [0.717, 1.165) is 17.1 Å². The van der Waals surface area contributed by atoms with Gasteiger partial charge in [-0.05, 0) is 24.3 Å². The van der Waals surface area contributed by atoms with Gasteiger partial charge in [0.05, 0.1) is 5.75 Å². The highest BCUT2D eigenvalue weighted by Crippen LogP contribution is 2.15. The van der Waals surface area contributed by atoms with E-state index in [2.05, 4.69) is 5.32 Å². The summed E-state index contributed by atoms with van der Waals surface area (Å²) in [5.41, 5.74) is 7.29. The predicted molar refractivity (Wildman–Crippen MR) is 75.8 cm³/mol. The molecule has 0 aliphatic carbocycles. The average molecular weight is 253 g/mol. The molecule has 0 fully saturated rings. The molecule has 1 aromatic carbocycles. The van der Waals surface area contributed by atoms with Crippen LogP contribution in [0.5, 0.6) is 0 Å². The minimum absolute atomic E-state index is 0.0149. The van der Waals surface area contributed by atoms with Crippen LogP contribution in [0.4, 0.5) is 11.4 Å². The molecule has 0 bridgehead atoms. The van der Waals surface area contributed by atoms with Crippen LogP contribution in [0.15, 0.2) is 24.3 Å². The second kappa shape index (κ2) is 7.19. The molecule has 0 unspecified atom stereocenters. The Balaban J connectivity index is 2.43. The van der Waals surface area contributed by atoms with Crippen LogP contribution in [0.1, 0.15) is 0 Å². The second-order valence-corrected chi connectivity index (χ2v) is 4.94. The lowest BCUT2D eigenvalue weighted by Crippen LogP contribution is -2.15. The van der Waals surface area contributed by atoms with Crippen LogP contribution < -0.4 is 16.0 Å². The number of anilines is 2. The van der Waals surface area contributed by atoms with Crippen LogP contribution in [0.3, 0.4) is 0 Å². The zero-order valence-electron chi connectivity index (χ0n) is 10.3. The first-order valence-corrected chi connectivity index (χ1v) is 6.64. The third kappa shape index (κ3) is 5.10. The monoisotopic (exact) mass is 253 g/mol. The summed E-state index contributed by atoms with van der Waals surface area (Å²) >= 11 is 1.54. The van der Waals surface area contributed by atoms with E-state index < -0.39 is 0 Å². The lowest BCUT2D eigenvalue weighted by atomic mass is 10.2. The Labute approximate surface area is 107 Å². The minimum Gasteiger partial charge on any atom is -0.378 e. The van der Waals surface area contributed by atoms with Crippen LogP contribution in [0.2, 0.25) is 0 Å². The van der Waals surface area contributed by atoms with Gasteiger partial charge in [0, 0.05) is 37.8 Å². The van der Waals surface area contributed by atoms with Crippen molar-refractivity contribution in [1.29, 1.82) is 0 Å². The first-order chi connectivity index (χ1) is 8.13. The second-order valence-electron chi connectivity index (χ2n) is 3.83. The lowest BCUT2D eigenvalue weighted by molar-refractivity contribution is -0.113. The number of benzene rings is 1. The normalized spacial score (nSPS) is 10.1. The summed E-state index contributed by atoms with van der Waals surface area (Å²) in [6.45, 7) is 0.607. The van der Waals surface area contributed by atoms with E-state index >= 15 is 0 Å². The molecule has 0 saturated heterocycles. The third-order valence-corrected chi connectivity index (χ3v) is 3.15. The Bertz CT molecular complexity index is 351. The van der Waals surface area contributed by atoms with Crippen LogP contribution in [-0.2, 0) is 4.79 Å². The number of hydrogen-bond donors (Lipinski definition) is 2. The maximum absolute atomic E-state index is 11.5. The van der Waals surface area contributed by atoms with Gasteiger partial charge in [-0.3, -0.25) is 4.79 Å². The number of rotatable bonds is 6. The van der Waals surface area contributed by atoms with Gasteiger partial charge in [0.25, 0.3) is 0 Å². The van der Waals surface area contributed by atoms with Gasteiger partial charge in [0.1, 0.15) is 0 Å². The largest absolute Gasteiger partial charge is 0.378 e. The zero-order valence-corrected chi connectivity index (χ0v) is 11.1. The highest BCUT2D eigenvalue weighted by atomic mass is 32.2. The summed E-state index contributed by atoms with van der Waals surface area (Å²) in [6, 6.07) is 7.76. The first kappa shape index (κ1) is 13.9. The standard InChI is InChI=1S/C12H19N3OS/c1-15(2)11-5-3-10(4-6-11)14-12(16)9-17-8-7-13/h3-6H,7-9,13H2,1-2H3,(H,14,16). The Morgan fingerprint density at radius 1 is 1.35 bits per heavy atom. The molecule has 4 nitrogen and oxygen atoms in total. The third-order valence-electron chi connectivity index (χ3n) is 2.16. The molecule has 1 rings (SSSR count). The number of carbonyl (C=O) groups is 1. The van der Waals surface area contributed by atoms with Gasteiger partial charge >= 0.3 is 0 Å². The first-order valence-electron chi connectivity index (χ1n) is 5.48. The molecule has 0 aliphatic rings. The van der Waals surface area contributed by atoms with Crippen molar-refractivity contribution in [2.45, 2.75) is 0 Å². The molecular formula is C12H19N3OS. The van der Waals surface area contributed by atoms with E-state index in [1.807, 2.05) is 43.3 Å². The van der Waals surface area contributed by atoms with Crippen LogP contribution in [0.25, 0.3) is 0 Å². The van der Waals surface area contributed by atoms with E-state index in [0.29, 0.717) is 12.3 Å². The van der Waals surface area contributed by atoms with Crippen molar-refractivity contribution < 1.29 is 4.79 Å². The number of nitrogens with two attached hydrogens (primary N) is 1. The van der Waals surface area contributed by atoms with E-state index in [-0.39, 0.29) is 5.91 Å². The minimum atomic E-state index is 0.0149. The van der Waals surface area contributed by atoms with Gasteiger partial charge in [-0.15, -0.1) is 0 Å². The van der Waals surface area contributed by atoms with Crippen molar-refractivity contribution in [3.05, 3.63) is 24.3 Å². The molecule has 17 heavy (non-hydrogen) atoms. The molecule has 0 atom stereocenters. The molecule has 94 valence electrons. The van der Waals surface area contributed by atoms with Crippen molar-refractivity contribution in [3.8, 4) is 0 Å². The van der Waals surface area contributed by atoms with Gasteiger partial charge in [-0.2, -0.15) is 11.8 Å². The van der Waals surface area contributed by atoms with Gasteiger partial charge in [-0.25, -0.2) is 0 Å². The average Bonchev–Trinajstić information content (AvgIpc) is 2.30. The van der Waals surface area contributed by atoms with E-state index in [4.69, 9.17) is 5.73 Å². The van der Waals surface area contributed by atoms with E-state index in [1.54, 1.807) is 11.8 Å². The topological polar surface area (TPSA) is 58.4 Å². The van der Waals surface area contributed by atoms with Gasteiger partial charge in [0.2, 0.25) is 5.91 Å². The Hall–Kier alpha value is -1.20. The molecular weight excluding hydrogens is 234 g/mol. The molecule has 3 N–H and O–H groups in total. The summed E-state index contributed by atoms with van der Waals surface area (Å²) in [4.78, 5) is 13.5. The van der Waals surface area contributed by atoms with Crippen molar-refractivity contribution in [2.24, 2.45) is 5.73 Å². The number of nitrogens with one attached hydrogen (secondary N) is 1. The molecule has 1 amide bonds. The highest BCUT2D eigenvalue weighted by Gasteiger charge is 2.02. The summed E-state index contributed by atoms with van der Waals surface area (Å²) < 4.78 is 0. The molecule has 1 aromatic rings.